The summed E-state index contributed by atoms with van der Waals surface area (Å²) < 4.78 is 0.944. The van der Waals surface area contributed by atoms with Gasteiger partial charge in [-0.15, -0.1) is 0 Å². The van der Waals surface area contributed by atoms with Crippen LogP contribution in [0.1, 0.15) is 28.7 Å². The van der Waals surface area contributed by atoms with Crippen molar-refractivity contribution in [2.45, 2.75) is 24.3 Å². The first-order chi connectivity index (χ1) is 17.0. The summed E-state index contributed by atoms with van der Waals surface area (Å²) in [5, 5.41) is 2.92. The number of carbonyl (C=O) groups excluding carboxylic acids is 2. The Hall–Kier alpha value is -3.70. The first kappa shape index (κ1) is 24.4. The molecule has 3 N–H and O–H groups in total. The van der Waals surface area contributed by atoms with Crippen molar-refractivity contribution in [2.75, 3.05) is 0 Å². The first-order valence-corrected chi connectivity index (χ1v) is 12.3. The first-order valence-electron chi connectivity index (χ1n) is 11.5. The van der Waals surface area contributed by atoms with Crippen LogP contribution in [0.25, 0.3) is 0 Å². The van der Waals surface area contributed by atoms with Crippen molar-refractivity contribution in [3.05, 3.63) is 142 Å². The van der Waals surface area contributed by atoms with E-state index in [4.69, 9.17) is 5.73 Å². The third-order valence-corrected chi connectivity index (χ3v) is 6.79. The number of amides is 2. The van der Waals surface area contributed by atoms with E-state index in [-0.39, 0.29) is 12.3 Å². The fraction of sp³-hybridized carbons (Fsp3) is 0.133. The lowest BCUT2D eigenvalue weighted by molar-refractivity contribution is -0.127. The molecule has 0 saturated carbocycles. The lowest BCUT2D eigenvalue weighted by atomic mass is 9.67. The number of carbonyl (C=O) groups is 2. The molecule has 4 aromatic carbocycles. The van der Waals surface area contributed by atoms with Crippen molar-refractivity contribution in [1.82, 2.24) is 5.32 Å². The van der Waals surface area contributed by atoms with Crippen LogP contribution < -0.4 is 11.1 Å². The topological polar surface area (TPSA) is 72.2 Å². The van der Waals surface area contributed by atoms with Gasteiger partial charge >= 0.3 is 0 Å². The average molecular weight is 527 g/mol. The molecule has 0 aliphatic heterocycles. The van der Waals surface area contributed by atoms with Crippen LogP contribution in [0.5, 0.6) is 0 Å². The SMILES string of the molecule is NC(=O)[C@@H](Cc1ccc(Br)cc1)NC(=O)CC(c1ccccc1)(c1ccccc1)c1ccccc1. The highest BCUT2D eigenvalue weighted by Crippen LogP contribution is 2.42. The molecular formula is C30H27BrN2O2. The van der Waals surface area contributed by atoms with Gasteiger partial charge in [0.25, 0.3) is 0 Å². The number of hydrogen-bond acceptors (Lipinski definition) is 2. The second-order valence-electron chi connectivity index (χ2n) is 8.53. The van der Waals surface area contributed by atoms with Crippen LogP contribution in [-0.2, 0) is 21.4 Å². The van der Waals surface area contributed by atoms with Gasteiger partial charge in [0, 0.05) is 17.3 Å². The minimum Gasteiger partial charge on any atom is -0.368 e. The Morgan fingerprint density at radius 2 is 1.14 bits per heavy atom. The lowest BCUT2D eigenvalue weighted by Gasteiger charge is -2.36. The Morgan fingerprint density at radius 1 is 0.714 bits per heavy atom. The van der Waals surface area contributed by atoms with E-state index in [0.717, 1.165) is 26.7 Å². The zero-order chi connectivity index (χ0) is 24.7. The molecule has 4 rings (SSSR count). The zero-order valence-electron chi connectivity index (χ0n) is 19.2. The van der Waals surface area contributed by atoms with Gasteiger partial charge in [0.2, 0.25) is 11.8 Å². The quantitative estimate of drug-likeness (QED) is 0.287. The molecule has 2 amide bonds. The summed E-state index contributed by atoms with van der Waals surface area (Å²) in [7, 11) is 0. The summed E-state index contributed by atoms with van der Waals surface area (Å²) in [6.07, 6.45) is 0.443. The van der Waals surface area contributed by atoms with Gasteiger partial charge < -0.3 is 11.1 Å². The van der Waals surface area contributed by atoms with Gasteiger partial charge in [-0.2, -0.15) is 0 Å². The zero-order valence-corrected chi connectivity index (χ0v) is 20.8. The van der Waals surface area contributed by atoms with Gasteiger partial charge in [0.15, 0.2) is 0 Å². The molecule has 176 valence electrons. The molecule has 5 heteroatoms. The Kier molecular flexibility index (Phi) is 7.78. The molecule has 0 fully saturated rings. The van der Waals surface area contributed by atoms with E-state index >= 15 is 0 Å². The minimum absolute atomic E-state index is 0.120. The van der Waals surface area contributed by atoms with Gasteiger partial charge in [0.05, 0.1) is 5.41 Å². The van der Waals surface area contributed by atoms with Crippen LogP contribution in [0.4, 0.5) is 0 Å². The third-order valence-electron chi connectivity index (χ3n) is 6.26. The van der Waals surface area contributed by atoms with Gasteiger partial charge in [0.1, 0.15) is 6.04 Å². The van der Waals surface area contributed by atoms with Crippen LogP contribution in [0.3, 0.4) is 0 Å². The van der Waals surface area contributed by atoms with E-state index in [2.05, 4.69) is 21.2 Å². The predicted molar refractivity (Wildman–Crippen MR) is 143 cm³/mol. The van der Waals surface area contributed by atoms with Crippen LogP contribution in [0, 0.1) is 0 Å². The monoisotopic (exact) mass is 526 g/mol. The molecule has 0 radical (unpaired) electrons. The molecule has 0 aromatic heterocycles. The van der Waals surface area contributed by atoms with Gasteiger partial charge in [-0.25, -0.2) is 0 Å². The third kappa shape index (κ3) is 5.69. The number of rotatable bonds is 9. The van der Waals surface area contributed by atoms with E-state index in [1.165, 1.54) is 0 Å². The molecule has 0 unspecified atom stereocenters. The molecule has 0 saturated heterocycles. The standard InChI is InChI=1S/C30H27BrN2O2/c31-26-18-16-22(17-19-26)20-27(29(32)35)33-28(34)21-30(23-10-4-1-5-11-23,24-12-6-2-7-13-24)25-14-8-3-9-15-25/h1-19,27H,20-21H2,(H2,32,35)(H,33,34)/t27-/m1/s1. The fourth-order valence-corrected chi connectivity index (χ4v) is 4.80. The second kappa shape index (κ2) is 11.2. The van der Waals surface area contributed by atoms with Crippen molar-refractivity contribution >= 4 is 27.7 Å². The molecule has 0 aliphatic rings. The van der Waals surface area contributed by atoms with E-state index in [1.807, 2.05) is 115 Å². The maximum atomic E-state index is 13.6. The van der Waals surface area contributed by atoms with Crippen LogP contribution >= 0.6 is 15.9 Å². The van der Waals surface area contributed by atoms with Gasteiger partial charge in [-0.3, -0.25) is 9.59 Å². The number of nitrogens with one attached hydrogen (secondary N) is 1. The molecule has 0 heterocycles. The van der Waals surface area contributed by atoms with E-state index < -0.39 is 17.4 Å². The van der Waals surface area contributed by atoms with Gasteiger partial charge in [-0.05, 0) is 34.4 Å². The van der Waals surface area contributed by atoms with Crippen molar-refractivity contribution < 1.29 is 9.59 Å². The van der Waals surface area contributed by atoms with Crippen molar-refractivity contribution in [3.63, 3.8) is 0 Å². The molecule has 0 spiro atoms. The highest BCUT2D eigenvalue weighted by Gasteiger charge is 2.39. The fourth-order valence-electron chi connectivity index (χ4n) is 4.54. The van der Waals surface area contributed by atoms with Crippen molar-refractivity contribution in [3.8, 4) is 0 Å². The number of benzene rings is 4. The van der Waals surface area contributed by atoms with Crippen molar-refractivity contribution in [2.24, 2.45) is 5.73 Å². The summed E-state index contributed by atoms with van der Waals surface area (Å²) in [6, 6.07) is 36.8. The Morgan fingerprint density at radius 3 is 1.54 bits per heavy atom. The van der Waals surface area contributed by atoms with E-state index in [9.17, 15) is 9.59 Å². The smallest absolute Gasteiger partial charge is 0.240 e. The maximum absolute atomic E-state index is 13.6. The summed E-state index contributed by atoms with van der Waals surface area (Å²) in [6.45, 7) is 0. The maximum Gasteiger partial charge on any atom is 0.240 e. The Labute approximate surface area is 214 Å². The molecular weight excluding hydrogens is 500 g/mol. The predicted octanol–water partition coefficient (Wildman–Crippen LogP) is 5.39. The molecule has 35 heavy (non-hydrogen) atoms. The van der Waals surface area contributed by atoms with Gasteiger partial charge in [-0.1, -0.05) is 119 Å². The summed E-state index contributed by atoms with van der Waals surface area (Å²) >= 11 is 3.42. The molecule has 0 aliphatic carbocycles. The molecule has 4 aromatic rings. The second-order valence-corrected chi connectivity index (χ2v) is 9.45. The van der Waals surface area contributed by atoms with E-state index in [1.54, 1.807) is 0 Å². The summed E-state index contributed by atoms with van der Waals surface area (Å²) in [4.78, 5) is 25.9. The van der Waals surface area contributed by atoms with Crippen LogP contribution in [0.2, 0.25) is 0 Å². The molecule has 4 nitrogen and oxygen atoms in total. The molecule has 1 atom stereocenters. The Balaban J connectivity index is 1.72. The largest absolute Gasteiger partial charge is 0.368 e. The number of primary amides is 1. The Bertz CT molecular complexity index is 1160. The normalized spacial score (nSPS) is 12.0. The average Bonchev–Trinajstić information content (AvgIpc) is 2.89. The number of hydrogen-bond donors (Lipinski definition) is 2. The van der Waals surface area contributed by atoms with E-state index in [0.29, 0.717) is 6.42 Å². The highest BCUT2D eigenvalue weighted by molar-refractivity contribution is 9.10. The van der Waals surface area contributed by atoms with Crippen molar-refractivity contribution in [1.29, 1.82) is 0 Å². The number of nitrogens with two attached hydrogens (primary N) is 1. The molecule has 0 bridgehead atoms. The summed E-state index contributed by atoms with van der Waals surface area (Å²) in [5.41, 5.74) is 8.86. The number of halogens is 1. The lowest BCUT2D eigenvalue weighted by Crippen LogP contribution is -2.48. The highest BCUT2D eigenvalue weighted by atomic mass is 79.9. The van der Waals surface area contributed by atoms with Crippen LogP contribution in [-0.4, -0.2) is 17.9 Å². The summed E-state index contributed by atoms with van der Waals surface area (Å²) in [5.74, 6) is -0.812. The minimum atomic E-state index is -0.816. The van der Waals surface area contributed by atoms with Crippen LogP contribution in [0.15, 0.2) is 120 Å².